The first-order chi connectivity index (χ1) is 10.2. The summed E-state index contributed by atoms with van der Waals surface area (Å²) in [6.45, 7) is 0. The summed E-state index contributed by atoms with van der Waals surface area (Å²) in [5.41, 5.74) is -1.10. The van der Waals surface area contributed by atoms with E-state index in [0.29, 0.717) is 0 Å². The van der Waals surface area contributed by atoms with Gasteiger partial charge in [-0.1, -0.05) is 6.07 Å². The SMILES string of the molecule is Cn1cc(C(=O)Nc2cccc(S(=O)(=O)F)c2)c(C(F)F)n1. The van der Waals surface area contributed by atoms with Crippen LogP contribution in [0.15, 0.2) is 35.4 Å². The van der Waals surface area contributed by atoms with E-state index in [1.165, 1.54) is 19.2 Å². The highest BCUT2D eigenvalue weighted by molar-refractivity contribution is 7.86. The molecule has 0 aliphatic rings. The predicted molar refractivity (Wildman–Crippen MR) is 70.9 cm³/mol. The van der Waals surface area contributed by atoms with Crippen LogP contribution in [-0.4, -0.2) is 24.1 Å². The molecular weight excluding hydrogens is 323 g/mol. The normalized spacial score (nSPS) is 11.7. The van der Waals surface area contributed by atoms with Crippen molar-refractivity contribution in [1.82, 2.24) is 9.78 Å². The quantitative estimate of drug-likeness (QED) is 0.870. The lowest BCUT2D eigenvalue weighted by Crippen LogP contribution is -2.13. The molecule has 0 bridgehead atoms. The number of aromatic nitrogens is 2. The van der Waals surface area contributed by atoms with E-state index in [0.717, 1.165) is 23.0 Å². The summed E-state index contributed by atoms with van der Waals surface area (Å²) in [7, 11) is -3.56. The highest BCUT2D eigenvalue weighted by atomic mass is 32.3. The van der Waals surface area contributed by atoms with Crippen LogP contribution in [0, 0.1) is 0 Å². The summed E-state index contributed by atoms with van der Waals surface area (Å²) in [4.78, 5) is 11.3. The maximum Gasteiger partial charge on any atom is 0.332 e. The molecule has 0 spiro atoms. The van der Waals surface area contributed by atoms with Crippen molar-refractivity contribution in [3.63, 3.8) is 0 Å². The molecule has 22 heavy (non-hydrogen) atoms. The van der Waals surface area contributed by atoms with E-state index < -0.39 is 33.1 Å². The Bertz CT molecular complexity index is 818. The van der Waals surface area contributed by atoms with Crippen LogP contribution in [0.25, 0.3) is 0 Å². The number of nitrogens with one attached hydrogen (secondary N) is 1. The molecule has 2 aromatic rings. The third kappa shape index (κ3) is 3.45. The van der Waals surface area contributed by atoms with Gasteiger partial charge in [0.2, 0.25) is 0 Å². The van der Waals surface area contributed by atoms with Gasteiger partial charge in [0.25, 0.3) is 12.3 Å². The second-order valence-corrected chi connectivity index (χ2v) is 5.67. The molecule has 2 rings (SSSR count). The van der Waals surface area contributed by atoms with Crippen molar-refractivity contribution < 1.29 is 25.9 Å². The number of halogens is 3. The molecule has 0 saturated carbocycles. The zero-order valence-corrected chi connectivity index (χ0v) is 11.9. The second kappa shape index (κ2) is 5.79. The van der Waals surface area contributed by atoms with Gasteiger partial charge in [0, 0.05) is 18.9 Å². The fourth-order valence-corrected chi connectivity index (χ4v) is 2.27. The number of hydrogen-bond acceptors (Lipinski definition) is 4. The average Bonchev–Trinajstić information content (AvgIpc) is 2.80. The molecule has 118 valence electrons. The fraction of sp³-hybridized carbons (Fsp3) is 0.167. The van der Waals surface area contributed by atoms with Crippen LogP contribution in [0.1, 0.15) is 22.5 Å². The van der Waals surface area contributed by atoms with Gasteiger partial charge in [-0.25, -0.2) is 8.78 Å². The van der Waals surface area contributed by atoms with Gasteiger partial charge in [0.15, 0.2) is 0 Å². The van der Waals surface area contributed by atoms with Crippen molar-refractivity contribution in [3.05, 3.63) is 41.7 Å². The first-order valence-corrected chi connectivity index (χ1v) is 7.24. The first-order valence-electron chi connectivity index (χ1n) is 5.86. The van der Waals surface area contributed by atoms with Crippen molar-refractivity contribution in [2.45, 2.75) is 11.3 Å². The largest absolute Gasteiger partial charge is 0.332 e. The number of hydrogen-bond donors (Lipinski definition) is 1. The summed E-state index contributed by atoms with van der Waals surface area (Å²) in [6.07, 6.45) is -1.84. The molecule has 0 radical (unpaired) electrons. The van der Waals surface area contributed by atoms with Crippen LogP contribution in [0.5, 0.6) is 0 Å². The molecule has 0 aliphatic heterocycles. The van der Waals surface area contributed by atoms with Crippen LogP contribution in [0.4, 0.5) is 18.4 Å². The number of rotatable bonds is 4. The Labute approximate surface area is 123 Å². The molecule has 6 nitrogen and oxygen atoms in total. The predicted octanol–water partition coefficient (Wildman–Crippen LogP) is 2.27. The number of alkyl halides is 2. The number of carbonyl (C=O) groups excluding carboxylic acids is 1. The highest BCUT2D eigenvalue weighted by Crippen LogP contribution is 2.23. The number of nitrogens with zero attached hydrogens (tertiary/aromatic N) is 2. The first kappa shape index (κ1) is 16.0. The standard InChI is InChI=1S/C12H10F3N3O3S/c1-18-6-9(10(17-18)11(13)14)12(19)16-7-3-2-4-8(5-7)22(15,20)21/h2-6,11H,1H3,(H,16,19). The number of anilines is 1. The number of aryl methyl sites for hydroxylation is 1. The molecule has 0 aliphatic carbocycles. The Morgan fingerprint density at radius 1 is 1.36 bits per heavy atom. The topological polar surface area (TPSA) is 81.1 Å². The summed E-state index contributed by atoms with van der Waals surface area (Å²) >= 11 is 0. The van der Waals surface area contributed by atoms with Crippen LogP contribution >= 0.6 is 0 Å². The van der Waals surface area contributed by atoms with Crippen molar-refractivity contribution in [2.24, 2.45) is 7.05 Å². The molecule has 0 unspecified atom stereocenters. The van der Waals surface area contributed by atoms with Gasteiger partial charge in [-0.3, -0.25) is 9.48 Å². The van der Waals surface area contributed by atoms with Crippen LogP contribution < -0.4 is 5.32 Å². The molecule has 1 amide bonds. The Kier molecular flexibility index (Phi) is 4.22. The van der Waals surface area contributed by atoms with Crippen molar-refractivity contribution in [1.29, 1.82) is 0 Å². The molecule has 0 atom stereocenters. The second-order valence-electron chi connectivity index (χ2n) is 4.32. The summed E-state index contributed by atoms with van der Waals surface area (Å²) in [5, 5.41) is 5.70. The molecule has 1 N–H and O–H groups in total. The van der Waals surface area contributed by atoms with Crippen LogP contribution in [-0.2, 0) is 17.3 Å². The summed E-state index contributed by atoms with van der Waals surface area (Å²) < 4.78 is 61.1. The fourth-order valence-electron chi connectivity index (χ4n) is 1.77. The van der Waals surface area contributed by atoms with E-state index in [4.69, 9.17) is 0 Å². The van der Waals surface area contributed by atoms with Gasteiger partial charge in [-0.15, -0.1) is 3.89 Å². The highest BCUT2D eigenvalue weighted by Gasteiger charge is 2.23. The Balaban J connectivity index is 2.30. The van der Waals surface area contributed by atoms with Crippen molar-refractivity contribution >= 4 is 21.8 Å². The lowest BCUT2D eigenvalue weighted by Gasteiger charge is -2.06. The molecular formula is C12H10F3N3O3S. The van der Waals surface area contributed by atoms with Crippen LogP contribution in [0.2, 0.25) is 0 Å². The van der Waals surface area contributed by atoms with E-state index in [1.54, 1.807) is 0 Å². The number of benzene rings is 1. The summed E-state index contributed by atoms with van der Waals surface area (Å²) in [6, 6.07) is 4.38. The minimum Gasteiger partial charge on any atom is -0.322 e. The van der Waals surface area contributed by atoms with E-state index >= 15 is 0 Å². The monoisotopic (exact) mass is 333 g/mol. The maximum atomic E-state index is 12.9. The Morgan fingerprint density at radius 2 is 2.05 bits per heavy atom. The van der Waals surface area contributed by atoms with E-state index in [2.05, 4.69) is 10.4 Å². The average molecular weight is 333 g/mol. The third-order valence-corrected chi connectivity index (χ3v) is 3.50. The molecule has 0 fully saturated rings. The van der Waals surface area contributed by atoms with Gasteiger partial charge < -0.3 is 5.32 Å². The van der Waals surface area contributed by atoms with Gasteiger partial charge in [-0.05, 0) is 18.2 Å². The van der Waals surface area contributed by atoms with Gasteiger partial charge in [-0.2, -0.15) is 13.5 Å². The molecule has 0 saturated heterocycles. The minimum atomic E-state index is -4.93. The van der Waals surface area contributed by atoms with E-state index in [1.807, 2.05) is 0 Å². The lowest BCUT2D eigenvalue weighted by atomic mass is 10.2. The van der Waals surface area contributed by atoms with E-state index in [9.17, 15) is 25.9 Å². The zero-order valence-electron chi connectivity index (χ0n) is 11.1. The van der Waals surface area contributed by atoms with Gasteiger partial charge >= 0.3 is 10.2 Å². The summed E-state index contributed by atoms with van der Waals surface area (Å²) in [5.74, 6) is -0.906. The van der Waals surface area contributed by atoms with Crippen molar-refractivity contribution in [2.75, 3.05) is 5.32 Å². The smallest absolute Gasteiger partial charge is 0.322 e. The molecule has 10 heteroatoms. The lowest BCUT2D eigenvalue weighted by molar-refractivity contribution is 0.101. The zero-order chi connectivity index (χ0) is 16.5. The Morgan fingerprint density at radius 3 is 2.64 bits per heavy atom. The maximum absolute atomic E-state index is 12.9. The van der Waals surface area contributed by atoms with Crippen LogP contribution in [0.3, 0.4) is 0 Å². The third-order valence-electron chi connectivity index (χ3n) is 2.68. The van der Waals surface area contributed by atoms with Gasteiger partial charge in [0.05, 0.1) is 5.56 Å². The van der Waals surface area contributed by atoms with E-state index in [-0.39, 0.29) is 11.3 Å². The minimum absolute atomic E-state index is 0.0483. The molecule has 1 aromatic heterocycles. The Hall–Kier alpha value is -2.36. The molecule has 1 heterocycles. The number of amides is 1. The van der Waals surface area contributed by atoms with Gasteiger partial charge in [0.1, 0.15) is 10.6 Å². The van der Waals surface area contributed by atoms with Crippen molar-refractivity contribution in [3.8, 4) is 0 Å². The number of carbonyl (C=O) groups is 1. The molecule has 1 aromatic carbocycles.